The maximum Gasteiger partial charge on any atom is 0.0281 e. The minimum absolute atomic E-state index is 0.593. The van der Waals surface area contributed by atoms with Crippen LogP contribution in [0.25, 0.3) is 0 Å². The van der Waals surface area contributed by atoms with Gasteiger partial charge in [-0.2, -0.15) is 11.8 Å². The molecule has 0 spiro atoms. The monoisotopic (exact) mass is 268 g/mol. The van der Waals surface area contributed by atoms with Gasteiger partial charge in [0, 0.05) is 23.4 Å². The standard InChI is InChI=1S/C15H28N2S/c1-18-15(8-4-9-15)11-17-14-6-2-5-12(14)13-7-3-10-16-13/h12-14,16-17H,2-11H2,1H3. The molecule has 3 heteroatoms. The van der Waals surface area contributed by atoms with Gasteiger partial charge in [-0.25, -0.2) is 0 Å². The Morgan fingerprint density at radius 2 is 2.06 bits per heavy atom. The van der Waals surface area contributed by atoms with Crippen LogP contribution >= 0.6 is 11.8 Å². The fourth-order valence-electron chi connectivity index (χ4n) is 4.14. The van der Waals surface area contributed by atoms with Crippen LogP contribution in [0.3, 0.4) is 0 Å². The van der Waals surface area contributed by atoms with E-state index in [1.807, 2.05) is 0 Å². The Kier molecular flexibility index (Phi) is 4.21. The van der Waals surface area contributed by atoms with Crippen LogP contribution in [0, 0.1) is 5.92 Å². The van der Waals surface area contributed by atoms with E-state index in [4.69, 9.17) is 0 Å². The molecule has 1 heterocycles. The molecule has 3 atom stereocenters. The van der Waals surface area contributed by atoms with Crippen LogP contribution in [0.2, 0.25) is 0 Å². The highest BCUT2D eigenvalue weighted by Crippen LogP contribution is 2.42. The molecule has 0 radical (unpaired) electrons. The molecule has 2 nitrogen and oxygen atoms in total. The molecule has 0 aromatic carbocycles. The first-order chi connectivity index (χ1) is 8.83. The summed E-state index contributed by atoms with van der Waals surface area (Å²) in [6, 6.07) is 1.61. The molecule has 2 saturated carbocycles. The van der Waals surface area contributed by atoms with Crippen molar-refractivity contribution >= 4 is 11.8 Å². The lowest BCUT2D eigenvalue weighted by Crippen LogP contribution is -2.49. The summed E-state index contributed by atoms with van der Waals surface area (Å²) in [5.74, 6) is 0.909. The minimum atomic E-state index is 0.593. The van der Waals surface area contributed by atoms with Gasteiger partial charge in [-0.3, -0.25) is 0 Å². The van der Waals surface area contributed by atoms with Crippen LogP contribution in [0.5, 0.6) is 0 Å². The topological polar surface area (TPSA) is 24.1 Å². The normalized spacial score (nSPS) is 38.8. The third-order valence-corrected chi connectivity index (χ3v) is 6.99. The summed E-state index contributed by atoms with van der Waals surface area (Å²) < 4.78 is 0.593. The van der Waals surface area contributed by atoms with Gasteiger partial charge in [0.2, 0.25) is 0 Å². The van der Waals surface area contributed by atoms with E-state index in [0.717, 1.165) is 18.0 Å². The maximum absolute atomic E-state index is 3.94. The van der Waals surface area contributed by atoms with Crippen molar-refractivity contribution < 1.29 is 0 Å². The van der Waals surface area contributed by atoms with E-state index in [0.29, 0.717) is 4.75 Å². The van der Waals surface area contributed by atoms with Gasteiger partial charge in [-0.05, 0) is 57.2 Å². The molecule has 3 aliphatic rings. The molecular weight excluding hydrogens is 240 g/mol. The molecule has 3 unspecified atom stereocenters. The first-order valence-electron chi connectivity index (χ1n) is 7.85. The largest absolute Gasteiger partial charge is 0.314 e. The van der Waals surface area contributed by atoms with Gasteiger partial charge in [0.05, 0.1) is 0 Å². The van der Waals surface area contributed by atoms with E-state index in [1.54, 1.807) is 0 Å². The minimum Gasteiger partial charge on any atom is -0.314 e. The number of thioether (sulfide) groups is 1. The van der Waals surface area contributed by atoms with Crippen molar-refractivity contribution in [2.75, 3.05) is 19.3 Å². The van der Waals surface area contributed by atoms with E-state index in [-0.39, 0.29) is 0 Å². The van der Waals surface area contributed by atoms with Gasteiger partial charge in [0.1, 0.15) is 0 Å². The quantitative estimate of drug-likeness (QED) is 0.802. The maximum atomic E-state index is 3.94. The van der Waals surface area contributed by atoms with Crippen molar-refractivity contribution in [2.24, 2.45) is 5.92 Å². The zero-order valence-electron chi connectivity index (χ0n) is 11.7. The highest BCUT2D eigenvalue weighted by atomic mass is 32.2. The number of rotatable bonds is 5. The van der Waals surface area contributed by atoms with Crippen molar-refractivity contribution in [3.05, 3.63) is 0 Å². The van der Waals surface area contributed by atoms with Gasteiger partial charge >= 0.3 is 0 Å². The molecule has 2 aliphatic carbocycles. The van der Waals surface area contributed by atoms with Crippen LogP contribution in [-0.4, -0.2) is 36.2 Å². The van der Waals surface area contributed by atoms with E-state index < -0.39 is 0 Å². The molecule has 3 rings (SSSR count). The predicted molar refractivity (Wildman–Crippen MR) is 80.3 cm³/mol. The second-order valence-electron chi connectivity index (χ2n) is 6.53. The number of hydrogen-bond donors (Lipinski definition) is 2. The van der Waals surface area contributed by atoms with E-state index in [1.165, 1.54) is 64.5 Å². The molecule has 1 saturated heterocycles. The van der Waals surface area contributed by atoms with Crippen molar-refractivity contribution in [1.82, 2.24) is 10.6 Å². The van der Waals surface area contributed by atoms with Crippen molar-refractivity contribution in [2.45, 2.75) is 68.2 Å². The Hall–Kier alpha value is 0.270. The number of nitrogens with one attached hydrogen (secondary N) is 2. The highest BCUT2D eigenvalue weighted by molar-refractivity contribution is 8.00. The summed E-state index contributed by atoms with van der Waals surface area (Å²) in [6.45, 7) is 2.50. The van der Waals surface area contributed by atoms with Gasteiger partial charge in [-0.15, -0.1) is 0 Å². The smallest absolute Gasteiger partial charge is 0.0281 e. The van der Waals surface area contributed by atoms with Crippen LogP contribution in [0.15, 0.2) is 0 Å². The molecule has 1 aliphatic heterocycles. The summed E-state index contributed by atoms with van der Waals surface area (Å²) in [5, 5.41) is 7.66. The average Bonchev–Trinajstić information content (AvgIpc) is 2.98. The lowest BCUT2D eigenvalue weighted by molar-refractivity contribution is 0.281. The van der Waals surface area contributed by atoms with Gasteiger partial charge < -0.3 is 10.6 Å². The summed E-state index contributed by atoms with van der Waals surface area (Å²) >= 11 is 2.10. The average molecular weight is 268 g/mol. The lowest BCUT2D eigenvalue weighted by atomic mass is 9.83. The molecule has 2 N–H and O–H groups in total. The highest BCUT2D eigenvalue weighted by Gasteiger charge is 2.39. The van der Waals surface area contributed by atoms with Crippen LogP contribution in [-0.2, 0) is 0 Å². The summed E-state index contributed by atoms with van der Waals surface area (Å²) in [5.41, 5.74) is 0. The molecule has 0 bridgehead atoms. The second kappa shape index (κ2) is 5.72. The summed E-state index contributed by atoms with van der Waals surface area (Å²) in [6.07, 6.45) is 13.7. The molecule has 104 valence electrons. The third-order valence-electron chi connectivity index (χ3n) is 5.57. The van der Waals surface area contributed by atoms with Gasteiger partial charge in [-0.1, -0.05) is 12.8 Å². The fourth-order valence-corrected chi connectivity index (χ4v) is 5.07. The Balaban J connectivity index is 1.51. The van der Waals surface area contributed by atoms with Crippen LogP contribution < -0.4 is 10.6 Å². The van der Waals surface area contributed by atoms with E-state index in [2.05, 4.69) is 28.7 Å². The first-order valence-corrected chi connectivity index (χ1v) is 9.07. The van der Waals surface area contributed by atoms with Crippen LogP contribution in [0.4, 0.5) is 0 Å². The van der Waals surface area contributed by atoms with Crippen molar-refractivity contribution in [3.63, 3.8) is 0 Å². The molecule has 18 heavy (non-hydrogen) atoms. The molecule has 3 fully saturated rings. The number of hydrogen-bond acceptors (Lipinski definition) is 3. The zero-order chi connectivity index (χ0) is 12.4. The second-order valence-corrected chi connectivity index (χ2v) is 7.80. The summed E-state index contributed by atoms with van der Waals surface area (Å²) in [4.78, 5) is 0. The fraction of sp³-hybridized carbons (Fsp3) is 1.00. The van der Waals surface area contributed by atoms with Crippen LogP contribution in [0.1, 0.15) is 51.4 Å². The first kappa shape index (κ1) is 13.3. The predicted octanol–water partition coefficient (Wildman–Crippen LogP) is 2.78. The van der Waals surface area contributed by atoms with Gasteiger partial charge in [0.15, 0.2) is 0 Å². The Morgan fingerprint density at radius 3 is 2.67 bits per heavy atom. The lowest BCUT2D eigenvalue weighted by Gasteiger charge is -2.42. The molecular formula is C15H28N2S. The molecule has 0 aromatic rings. The van der Waals surface area contributed by atoms with Crippen molar-refractivity contribution in [1.29, 1.82) is 0 Å². The summed E-state index contributed by atoms with van der Waals surface area (Å²) in [7, 11) is 0. The zero-order valence-corrected chi connectivity index (χ0v) is 12.5. The Bertz CT molecular complexity index is 266. The van der Waals surface area contributed by atoms with E-state index in [9.17, 15) is 0 Å². The van der Waals surface area contributed by atoms with Crippen molar-refractivity contribution in [3.8, 4) is 0 Å². The Morgan fingerprint density at radius 1 is 1.17 bits per heavy atom. The SMILES string of the molecule is CSC1(CNC2CCCC2C2CCCN2)CCC1. The van der Waals surface area contributed by atoms with E-state index >= 15 is 0 Å². The molecule has 0 aromatic heterocycles. The molecule has 0 amide bonds. The Labute approximate surface area is 116 Å². The third kappa shape index (κ3) is 2.59. The van der Waals surface area contributed by atoms with Gasteiger partial charge in [0.25, 0.3) is 0 Å².